The SMILES string of the molecule is O=c1ccc2cc(S(=O)(=O)N3CCC(c4ccn[nH]4)C3)ccc2o1. The van der Waals surface area contributed by atoms with Gasteiger partial charge in [-0.25, -0.2) is 13.2 Å². The lowest BCUT2D eigenvalue weighted by Gasteiger charge is -2.16. The van der Waals surface area contributed by atoms with Crippen molar-refractivity contribution < 1.29 is 12.8 Å². The van der Waals surface area contributed by atoms with E-state index in [0.29, 0.717) is 24.1 Å². The first-order valence-electron chi connectivity index (χ1n) is 7.57. The maximum absolute atomic E-state index is 12.9. The number of aromatic amines is 1. The molecular weight excluding hydrogens is 330 g/mol. The molecule has 0 spiro atoms. The Balaban J connectivity index is 1.65. The van der Waals surface area contributed by atoms with Crippen molar-refractivity contribution in [1.29, 1.82) is 0 Å². The van der Waals surface area contributed by atoms with E-state index in [2.05, 4.69) is 10.2 Å². The number of H-pyrrole nitrogens is 1. The third-order valence-corrected chi connectivity index (χ3v) is 6.20. The van der Waals surface area contributed by atoms with Crippen LogP contribution in [0.3, 0.4) is 0 Å². The number of sulfonamides is 1. The molecule has 1 aliphatic rings. The predicted octanol–water partition coefficient (Wildman–Crippen LogP) is 1.69. The largest absolute Gasteiger partial charge is 0.423 e. The van der Waals surface area contributed by atoms with Crippen LogP contribution in [0.2, 0.25) is 0 Å². The van der Waals surface area contributed by atoms with Gasteiger partial charge in [-0.15, -0.1) is 0 Å². The minimum Gasteiger partial charge on any atom is -0.423 e. The highest BCUT2D eigenvalue weighted by atomic mass is 32.2. The van der Waals surface area contributed by atoms with E-state index in [1.54, 1.807) is 12.3 Å². The van der Waals surface area contributed by atoms with Crippen LogP contribution in [-0.4, -0.2) is 36.0 Å². The first-order valence-corrected chi connectivity index (χ1v) is 9.01. The third kappa shape index (κ3) is 2.53. The van der Waals surface area contributed by atoms with E-state index in [1.807, 2.05) is 6.07 Å². The smallest absolute Gasteiger partial charge is 0.336 e. The second-order valence-electron chi connectivity index (χ2n) is 5.81. The Bertz CT molecular complexity index is 1040. The van der Waals surface area contributed by atoms with Crippen molar-refractivity contribution in [3.05, 3.63) is 58.7 Å². The van der Waals surface area contributed by atoms with Crippen LogP contribution in [0.5, 0.6) is 0 Å². The van der Waals surface area contributed by atoms with Gasteiger partial charge in [0.2, 0.25) is 10.0 Å². The molecule has 3 aromatic rings. The Labute approximate surface area is 138 Å². The second kappa shape index (κ2) is 5.57. The van der Waals surface area contributed by atoms with Crippen molar-refractivity contribution >= 4 is 21.0 Å². The zero-order valence-corrected chi connectivity index (χ0v) is 13.5. The van der Waals surface area contributed by atoms with Gasteiger partial charge in [-0.1, -0.05) is 0 Å². The maximum Gasteiger partial charge on any atom is 0.336 e. The average Bonchev–Trinajstić information content (AvgIpc) is 3.25. The van der Waals surface area contributed by atoms with Gasteiger partial charge in [0.05, 0.1) is 4.90 Å². The number of hydrogen-bond acceptors (Lipinski definition) is 5. The molecule has 24 heavy (non-hydrogen) atoms. The molecule has 0 amide bonds. The van der Waals surface area contributed by atoms with Crippen LogP contribution in [0.15, 0.2) is 56.7 Å². The summed E-state index contributed by atoms with van der Waals surface area (Å²) in [5.74, 6) is 0.126. The molecule has 1 fully saturated rings. The fourth-order valence-corrected chi connectivity index (χ4v) is 4.59. The highest BCUT2D eigenvalue weighted by molar-refractivity contribution is 7.89. The molecule has 1 N–H and O–H groups in total. The van der Waals surface area contributed by atoms with E-state index >= 15 is 0 Å². The molecule has 4 rings (SSSR count). The van der Waals surface area contributed by atoms with E-state index in [9.17, 15) is 13.2 Å². The van der Waals surface area contributed by atoms with E-state index in [0.717, 1.165) is 12.1 Å². The summed E-state index contributed by atoms with van der Waals surface area (Å²) >= 11 is 0. The first kappa shape index (κ1) is 15.1. The molecule has 8 heteroatoms. The van der Waals surface area contributed by atoms with Crippen LogP contribution in [0.4, 0.5) is 0 Å². The molecule has 0 bridgehead atoms. The van der Waals surface area contributed by atoms with Gasteiger partial charge in [-0.2, -0.15) is 9.40 Å². The molecule has 0 saturated carbocycles. The predicted molar refractivity (Wildman–Crippen MR) is 87.2 cm³/mol. The highest BCUT2D eigenvalue weighted by Crippen LogP contribution is 2.30. The maximum atomic E-state index is 12.9. The summed E-state index contributed by atoms with van der Waals surface area (Å²) in [5.41, 5.74) is 0.867. The number of aromatic nitrogens is 2. The summed E-state index contributed by atoms with van der Waals surface area (Å²) < 4.78 is 32.3. The van der Waals surface area contributed by atoms with Crippen molar-refractivity contribution in [1.82, 2.24) is 14.5 Å². The molecule has 0 radical (unpaired) electrons. The molecule has 1 saturated heterocycles. The summed E-state index contributed by atoms with van der Waals surface area (Å²) in [5, 5.41) is 7.41. The van der Waals surface area contributed by atoms with Crippen LogP contribution in [-0.2, 0) is 10.0 Å². The lowest BCUT2D eigenvalue weighted by Crippen LogP contribution is -2.28. The number of rotatable bonds is 3. The minimum absolute atomic E-state index is 0.126. The van der Waals surface area contributed by atoms with E-state index in [-0.39, 0.29) is 10.8 Å². The van der Waals surface area contributed by atoms with Crippen LogP contribution in [0, 0.1) is 0 Å². The number of nitrogens with one attached hydrogen (secondary N) is 1. The molecule has 1 atom stereocenters. The number of benzene rings is 1. The van der Waals surface area contributed by atoms with Gasteiger partial charge in [0.1, 0.15) is 5.58 Å². The topological polar surface area (TPSA) is 96.3 Å². The molecule has 1 aliphatic heterocycles. The summed E-state index contributed by atoms with van der Waals surface area (Å²) in [6.07, 6.45) is 2.42. The Hall–Kier alpha value is -2.45. The Kier molecular flexibility index (Phi) is 3.50. The molecule has 7 nitrogen and oxygen atoms in total. The molecule has 0 aliphatic carbocycles. The highest BCUT2D eigenvalue weighted by Gasteiger charge is 2.33. The monoisotopic (exact) mass is 345 g/mol. The van der Waals surface area contributed by atoms with Crippen LogP contribution in [0.1, 0.15) is 18.0 Å². The number of hydrogen-bond donors (Lipinski definition) is 1. The molecule has 1 unspecified atom stereocenters. The van der Waals surface area contributed by atoms with Crippen molar-refractivity contribution in [2.75, 3.05) is 13.1 Å². The Morgan fingerprint density at radius 3 is 2.88 bits per heavy atom. The molecule has 1 aromatic carbocycles. The molecular formula is C16H15N3O4S. The summed E-state index contributed by atoms with van der Waals surface area (Å²) in [7, 11) is -3.59. The van der Waals surface area contributed by atoms with Gasteiger partial charge >= 0.3 is 5.63 Å². The van der Waals surface area contributed by atoms with E-state index < -0.39 is 15.6 Å². The molecule has 3 heterocycles. The third-order valence-electron chi connectivity index (χ3n) is 4.34. The number of fused-ring (bicyclic) bond motifs is 1. The number of nitrogens with zero attached hydrogens (tertiary/aromatic N) is 2. The zero-order valence-electron chi connectivity index (χ0n) is 12.7. The van der Waals surface area contributed by atoms with Crippen LogP contribution < -0.4 is 5.63 Å². The van der Waals surface area contributed by atoms with E-state index in [1.165, 1.54) is 28.6 Å². The Morgan fingerprint density at radius 2 is 2.08 bits per heavy atom. The summed E-state index contributed by atoms with van der Waals surface area (Å²) in [6, 6.07) is 9.26. The summed E-state index contributed by atoms with van der Waals surface area (Å²) in [6.45, 7) is 0.889. The lowest BCUT2D eigenvalue weighted by atomic mass is 10.1. The van der Waals surface area contributed by atoms with Crippen molar-refractivity contribution in [2.45, 2.75) is 17.2 Å². The Morgan fingerprint density at radius 1 is 1.21 bits per heavy atom. The zero-order chi connectivity index (χ0) is 16.7. The van der Waals surface area contributed by atoms with Gasteiger partial charge in [0.25, 0.3) is 0 Å². The quantitative estimate of drug-likeness (QED) is 0.729. The van der Waals surface area contributed by atoms with Gasteiger partial charge in [-0.05, 0) is 36.8 Å². The van der Waals surface area contributed by atoms with E-state index in [4.69, 9.17) is 4.42 Å². The van der Waals surface area contributed by atoms with Crippen LogP contribution in [0.25, 0.3) is 11.0 Å². The summed E-state index contributed by atoms with van der Waals surface area (Å²) in [4.78, 5) is 11.4. The first-order chi connectivity index (χ1) is 11.5. The molecule has 2 aromatic heterocycles. The minimum atomic E-state index is -3.59. The van der Waals surface area contributed by atoms with Gasteiger partial charge in [0, 0.05) is 42.4 Å². The van der Waals surface area contributed by atoms with Gasteiger partial charge < -0.3 is 4.42 Å². The van der Waals surface area contributed by atoms with Crippen LogP contribution >= 0.6 is 0 Å². The van der Waals surface area contributed by atoms with Gasteiger partial charge in [0.15, 0.2) is 0 Å². The average molecular weight is 345 g/mol. The van der Waals surface area contributed by atoms with Crippen molar-refractivity contribution in [2.24, 2.45) is 0 Å². The van der Waals surface area contributed by atoms with Crippen molar-refractivity contribution in [3.8, 4) is 0 Å². The fourth-order valence-electron chi connectivity index (χ4n) is 3.05. The fraction of sp³-hybridized carbons (Fsp3) is 0.250. The second-order valence-corrected chi connectivity index (χ2v) is 7.75. The van der Waals surface area contributed by atoms with Gasteiger partial charge in [-0.3, -0.25) is 5.10 Å². The normalized spacial score (nSPS) is 19.1. The van der Waals surface area contributed by atoms with Crippen molar-refractivity contribution in [3.63, 3.8) is 0 Å². The lowest BCUT2D eigenvalue weighted by molar-refractivity contribution is 0.472. The standard InChI is InChI=1S/C16H15N3O4S/c20-16-4-1-11-9-13(2-3-15(11)23-16)24(21,22)19-8-6-12(10-19)14-5-7-17-18-14/h1-5,7,9,12H,6,8,10H2,(H,17,18). The molecule has 124 valence electrons.